The largest absolute Gasteiger partial charge is 0.494 e. The normalized spacial score (nSPS) is 14.8. The molecule has 9 nitrogen and oxygen atoms in total. The van der Waals surface area contributed by atoms with Crippen molar-refractivity contribution in [1.29, 1.82) is 0 Å². The number of nitrogens with zero attached hydrogens (tertiary/aromatic N) is 4. The van der Waals surface area contributed by atoms with Crippen LogP contribution in [0.5, 0.6) is 5.75 Å². The third-order valence-electron chi connectivity index (χ3n) is 4.38. The molecule has 1 aromatic carbocycles. The second kappa shape index (κ2) is 10.9. The SMILES string of the molecule is CCCOc1cccc(Sc2nc(N)nc3c2ncn3CC(C)OCP(=O)(O)CC(F)(F)F)c1. The van der Waals surface area contributed by atoms with Crippen LogP contribution < -0.4 is 10.5 Å². The number of rotatable bonds is 11. The zero-order valence-corrected chi connectivity index (χ0v) is 20.2. The fourth-order valence-corrected chi connectivity index (χ4v) is 5.06. The van der Waals surface area contributed by atoms with Gasteiger partial charge in [0.25, 0.3) is 0 Å². The maximum atomic E-state index is 12.4. The summed E-state index contributed by atoms with van der Waals surface area (Å²) in [5.41, 5.74) is 6.79. The number of alkyl halides is 3. The van der Waals surface area contributed by atoms with E-state index in [-0.39, 0.29) is 12.5 Å². The van der Waals surface area contributed by atoms with E-state index < -0.39 is 32.2 Å². The lowest BCUT2D eigenvalue weighted by atomic mass is 10.3. The van der Waals surface area contributed by atoms with Crippen LogP contribution in [0.25, 0.3) is 11.2 Å². The molecule has 0 aliphatic heterocycles. The quantitative estimate of drug-likeness (QED) is 0.277. The lowest BCUT2D eigenvalue weighted by molar-refractivity contribution is -0.108. The van der Waals surface area contributed by atoms with Crippen LogP contribution in [0.15, 0.2) is 40.5 Å². The van der Waals surface area contributed by atoms with E-state index in [0.29, 0.717) is 22.8 Å². The Kier molecular flexibility index (Phi) is 8.45. The second-order valence-corrected chi connectivity index (χ2v) is 10.9. The van der Waals surface area contributed by atoms with Crippen molar-refractivity contribution < 1.29 is 32.1 Å². The number of halogens is 3. The molecule has 186 valence electrons. The van der Waals surface area contributed by atoms with Gasteiger partial charge in [-0.15, -0.1) is 0 Å². The zero-order chi connectivity index (χ0) is 24.9. The first kappa shape index (κ1) is 26.3. The Morgan fingerprint density at radius 3 is 2.79 bits per heavy atom. The Labute approximate surface area is 198 Å². The molecule has 0 spiro atoms. The first-order valence-corrected chi connectivity index (χ1v) is 13.2. The Morgan fingerprint density at radius 1 is 1.32 bits per heavy atom. The first-order chi connectivity index (χ1) is 16.0. The van der Waals surface area contributed by atoms with Crippen LogP contribution in [0.4, 0.5) is 19.1 Å². The van der Waals surface area contributed by atoms with Crippen LogP contribution in [0.1, 0.15) is 20.3 Å². The first-order valence-electron chi connectivity index (χ1n) is 10.3. The van der Waals surface area contributed by atoms with E-state index in [2.05, 4.69) is 15.0 Å². The van der Waals surface area contributed by atoms with E-state index >= 15 is 0 Å². The van der Waals surface area contributed by atoms with Gasteiger partial charge in [0.05, 0.1) is 25.6 Å². The Bertz CT molecular complexity index is 1180. The monoisotopic (exact) mass is 519 g/mol. The van der Waals surface area contributed by atoms with Crippen molar-refractivity contribution in [2.75, 3.05) is 24.9 Å². The predicted molar refractivity (Wildman–Crippen MR) is 122 cm³/mol. The van der Waals surface area contributed by atoms with Gasteiger partial charge in [0, 0.05) is 4.90 Å². The van der Waals surface area contributed by atoms with Crippen molar-refractivity contribution in [3.8, 4) is 5.75 Å². The molecule has 0 aliphatic carbocycles. The Balaban J connectivity index is 1.74. The number of nitrogen functional groups attached to an aromatic ring is 1. The summed E-state index contributed by atoms with van der Waals surface area (Å²) in [7, 11) is -4.50. The van der Waals surface area contributed by atoms with Gasteiger partial charge >= 0.3 is 6.18 Å². The number of hydrogen-bond donors (Lipinski definition) is 2. The van der Waals surface area contributed by atoms with Crippen LogP contribution in [0.2, 0.25) is 0 Å². The average Bonchev–Trinajstić information content (AvgIpc) is 3.12. The van der Waals surface area contributed by atoms with Crippen molar-refractivity contribution in [3.05, 3.63) is 30.6 Å². The van der Waals surface area contributed by atoms with Gasteiger partial charge in [0.15, 0.2) is 5.65 Å². The number of hydrogen-bond acceptors (Lipinski definition) is 8. The fraction of sp³-hybridized carbons (Fsp3) is 0.450. The minimum atomic E-state index is -4.75. The van der Waals surface area contributed by atoms with Crippen molar-refractivity contribution in [1.82, 2.24) is 19.5 Å². The van der Waals surface area contributed by atoms with Crippen molar-refractivity contribution in [2.24, 2.45) is 0 Å². The molecule has 14 heteroatoms. The summed E-state index contributed by atoms with van der Waals surface area (Å²) in [6.45, 7) is 4.32. The minimum absolute atomic E-state index is 0.0220. The molecule has 34 heavy (non-hydrogen) atoms. The molecule has 2 heterocycles. The number of aromatic nitrogens is 4. The number of anilines is 1. The number of ether oxygens (including phenoxy) is 2. The third kappa shape index (κ3) is 7.59. The maximum absolute atomic E-state index is 12.4. The summed E-state index contributed by atoms with van der Waals surface area (Å²) in [6.07, 6.45) is -5.77. The molecule has 0 fully saturated rings. The van der Waals surface area contributed by atoms with Gasteiger partial charge in [-0.25, -0.2) is 9.97 Å². The molecule has 0 radical (unpaired) electrons. The lowest BCUT2D eigenvalue weighted by Gasteiger charge is -2.18. The Hall–Kier alpha value is -2.34. The molecule has 2 unspecified atom stereocenters. The summed E-state index contributed by atoms with van der Waals surface area (Å²) >= 11 is 1.34. The van der Waals surface area contributed by atoms with Gasteiger partial charge in [0.1, 0.15) is 28.8 Å². The summed E-state index contributed by atoms with van der Waals surface area (Å²) in [6, 6.07) is 7.51. The van der Waals surface area contributed by atoms with Crippen LogP contribution in [-0.2, 0) is 15.8 Å². The molecule has 3 N–H and O–H groups in total. The summed E-state index contributed by atoms with van der Waals surface area (Å²) < 4.78 is 61.5. The summed E-state index contributed by atoms with van der Waals surface area (Å²) in [4.78, 5) is 23.3. The average molecular weight is 519 g/mol. The molecule has 3 rings (SSSR count). The van der Waals surface area contributed by atoms with Gasteiger partial charge in [-0.05, 0) is 31.5 Å². The van der Waals surface area contributed by atoms with Crippen molar-refractivity contribution in [3.63, 3.8) is 0 Å². The zero-order valence-electron chi connectivity index (χ0n) is 18.5. The van der Waals surface area contributed by atoms with Crippen molar-refractivity contribution in [2.45, 2.75) is 49.0 Å². The molecular weight excluding hydrogens is 494 g/mol. The van der Waals surface area contributed by atoms with Crippen LogP contribution in [0.3, 0.4) is 0 Å². The van der Waals surface area contributed by atoms with Crippen LogP contribution >= 0.6 is 19.1 Å². The molecule has 0 aliphatic rings. The highest BCUT2D eigenvalue weighted by atomic mass is 32.2. The molecular formula is C20H25F3N5O4PS. The predicted octanol–water partition coefficient (Wildman–Crippen LogP) is 4.54. The van der Waals surface area contributed by atoms with Crippen LogP contribution in [0, 0.1) is 0 Å². The summed E-state index contributed by atoms with van der Waals surface area (Å²) in [5.74, 6) is 0.752. The number of benzene rings is 1. The number of fused-ring (bicyclic) bond motifs is 1. The molecule has 0 bridgehead atoms. The van der Waals surface area contributed by atoms with E-state index in [0.717, 1.165) is 17.1 Å². The maximum Gasteiger partial charge on any atom is 0.398 e. The van der Waals surface area contributed by atoms with E-state index in [1.165, 1.54) is 18.1 Å². The van der Waals surface area contributed by atoms with Gasteiger partial charge in [0.2, 0.25) is 13.3 Å². The molecule has 3 aromatic rings. The highest BCUT2D eigenvalue weighted by Crippen LogP contribution is 2.45. The third-order valence-corrected chi connectivity index (χ3v) is 6.76. The van der Waals surface area contributed by atoms with E-state index in [1.54, 1.807) is 11.5 Å². The standard InChI is InChI=1S/C20H25F3N5O4PS/c1-3-7-31-14-5-4-6-15(8-14)34-18-16-17(26-19(24)27-18)28(11-25-16)9-13(2)32-12-33(29,30)10-20(21,22)23/h4-6,8,11,13H,3,7,9-10,12H2,1-2H3,(H,29,30)(H2,24,26,27). The molecule has 0 amide bonds. The topological polar surface area (TPSA) is 125 Å². The van der Waals surface area contributed by atoms with E-state index in [4.69, 9.17) is 15.2 Å². The minimum Gasteiger partial charge on any atom is -0.494 e. The molecule has 2 aromatic heterocycles. The molecule has 0 saturated heterocycles. The fourth-order valence-electron chi connectivity index (χ4n) is 3.00. The molecule has 2 atom stereocenters. The van der Waals surface area contributed by atoms with E-state index in [1.807, 2.05) is 31.2 Å². The summed E-state index contributed by atoms with van der Waals surface area (Å²) in [5, 5.41) is 0.521. The highest BCUT2D eigenvalue weighted by Gasteiger charge is 2.38. The number of nitrogens with two attached hydrogens (primary N) is 1. The van der Waals surface area contributed by atoms with Crippen molar-refractivity contribution >= 4 is 36.2 Å². The lowest BCUT2D eigenvalue weighted by Crippen LogP contribution is -2.20. The highest BCUT2D eigenvalue weighted by molar-refractivity contribution is 7.99. The van der Waals surface area contributed by atoms with Gasteiger partial charge in [-0.1, -0.05) is 24.8 Å². The van der Waals surface area contributed by atoms with Crippen LogP contribution in [-0.4, -0.2) is 55.8 Å². The van der Waals surface area contributed by atoms with Gasteiger partial charge in [-0.3, -0.25) is 4.57 Å². The number of imidazole rings is 1. The second-order valence-electron chi connectivity index (χ2n) is 7.61. The van der Waals surface area contributed by atoms with E-state index in [9.17, 15) is 22.6 Å². The van der Waals surface area contributed by atoms with Gasteiger partial charge < -0.3 is 24.7 Å². The smallest absolute Gasteiger partial charge is 0.398 e. The van der Waals surface area contributed by atoms with Gasteiger partial charge in [-0.2, -0.15) is 18.2 Å². The Morgan fingerprint density at radius 2 is 2.09 bits per heavy atom. The molecule has 0 saturated carbocycles.